The molecule has 1 N–H and O–H groups in total. The quantitative estimate of drug-likeness (QED) is 0.489. The molecule has 1 fully saturated rings. The highest BCUT2D eigenvalue weighted by atomic mass is 16.5. The molecule has 0 radical (unpaired) electrons. The molecule has 0 heterocycles. The van der Waals surface area contributed by atoms with Gasteiger partial charge in [0, 0.05) is 19.5 Å². The summed E-state index contributed by atoms with van der Waals surface area (Å²) in [6, 6.07) is 2.25. The number of nitriles is 1. The molecule has 0 atom stereocenters. The maximum absolute atomic E-state index is 8.63. The average Bonchev–Trinajstić information content (AvgIpc) is 2.92. The SMILES string of the molecule is C=C(C)COCCNCC1(CC#N)CC1. The van der Waals surface area contributed by atoms with Gasteiger partial charge in [0.1, 0.15) is 0 Å². The van der Waals surface area contributed by atoms with E-state index in [1.165, 1.54) is 12.8 Å². The van der Waals surface area contributed by atoms with Crippen molar-refractivity contribution in [3.63, 3.8) is 0 Å². The molecule has 1 aliphatic carbocycles. The van der Waals surface area contributed by atoms with E-state index in [9.17, 15) is 0 Å². The molecule has 0 saturated heterocycles. The van der Waals surface area contributed by atoms with Gasteiger partial charge in [0.15, 0.2) is 0 Å². The van der Waals surface area contributed by atoms with Crippen molar-refractivity contribution in [1.29, 1.82) is 5.26 Å². The van der Waals surface area contributed by atoms with Crippen LogP contribution in [0.25, 0.3) is 0 Å². The van der Waals surface area contributed by atoms with E-state index in [4.69, 9.17) is 10.00 Å². The van der Waals surface area contributed by atoms with E-state index in [0.717, 1.165) is 25.3 Å². The number of nitrogens with one attached hydrogen (secondary N) is 1. The van der Waals surface area contributed by atoms with Gasteiger partial charge in [-0.3, -0.25) is 0 Å². The van der Waals surface area contributed by atoms with Gasteiger partial charge >= 0.3 is 0 Å². The van der Waals surface area contributed by atoms with Crippen molar-refractivity contribution in [3.8, 4) is 6.07 Å². The van der Waals surface area contributed by atoms with Gasteiger partial charge in [-0.2, -0.15) is 5.26 Å². The minimum atomic E-state index is 0.295. The zero-order valence-electron chi connectivity index (χ0n) is 9.51. The minimum Gasteiger partial charge on any atom is -0.376 e. The summed E-state index contributed by atoms with van der Waals surface area (Å²) in [5.41, 5.74) is 1.35. The van der Waals surface area contributed by atoms with E-state index < -0.39 is 0 Å². The van der Waals surface area contributed by atoms with E-state index in [1.807, 2.05) is 6.92 Å². The molecule has 3 nitrogen and oxygen atoms in total. The summed E-state index contributed by atoms with van der Waals surface area (Å²) in [6.07, 6.45) is 3.08. The van der Waals surface area contributed by atoms with Crippen LogP contribution in [-0.2, 0) is 4.74 Å². The van der Waals surface area contributed by atoms with E-state index >= 15 is 0 Å². The fourth-order valence-electron chi connectivity index (χ4n) is 1.50. The van der Waals surface area contributed by atoms with Crippen LogP contribution in [0, 0.1) is 16.7 Å². The third kappa shape index (κ3) is 4.96. The fraction of sp³-hybridized carbons (Fsp3) is 0.750. The lowest BCUT2D eigenvalue weighted by molar-refractivity contribution is 0.156. The molecule has 0 spiro atoms. The summed E-state index contributed by atoms with van der Waals surface area (Å²) in [4.78, 5) is 0. The molecule has 0 aromatic heterocycles. The van der Waals surface area contributed by atoms with Crippen LogP contribution in [0.2, 0.25) is 0 Å². The van der Waals surface area contributed by atoms with Crippen LogP contribution in [0.4, 0.5) is 0 Å². The molecule has 0 aromatic carbocycles. The van der Waals surface area contributed by atoms with Crippen molar-refractivity contribution in [2.24, 2.45) is 5.41 Å². The molecule has 0 aromatic rings. The van der Waals surface area contributed by atoms with E-state index in [-0.39, 0.29) is 0 Å². The van der Waals surface area contributed by atoms with Crippen molar-refractivity contribution < 1.29 is 4.74 Å². The zero-order chi connectivity index (χ0) is 11.1. The standard InChI is InChI=1S/C12H20N2O/c1-11(2)9-15-8-7-14-10-12(3-4-12)5-6-13/h14H,1,3-5,7-10H2,2H3. The number of ether oxygens (including phenoxy) is 1. The third-order valence-corrected chi connectivity index (χ3v) is 2.68. The Balaban J connectivity index is 1.93. The molecule has 3 heteroatoms. The topological polar surface area (TPSA) is 45.0 Å². The monoisotopic (exact) mass is 208 g/mol. The molecule has 0 unspecified atom stereocenters. The van der Waals surface area contributed by atoms with Gasteiger partial charge in [-0.05, 0) is 25.2 Å². The normalized spacial score (nSPS) is 17.1. The summed E-state index contributed by atoms with van der Waals surface area (Å²) >= 11 is 0. The molecule has 1 rings (SSSR count). The second kappa shape index (κ2) is 5.89. The summed E-state index contributed by atoms with van der Waals surface area (Å²) < 4.78 is 5.36. The van der Waals surface area contributed by atoms with Gasteiger partial charge in [0.2, 0.25) is 0 Å². The van der Waals surface area contributed by atoms with Crippen molar-refractivity contribution >= 4 is 0 Å². The van der Waals surface area contributed by atoms with Crippen LogP contribution in [0.3, 0.4) is 0 Å². The summed E-state index contributed by atoms with van der Waals surface area (Å²) in [7, 11) is 0. The fourth-order valence-corrected chi connectivity index (χ4v) is 1.50. The maximum Gasteiger partial charge on any atom is 0.0672 e. The average molecular weight is 208 g/mol. The molecule has 0 bridgehead atoms. The molecular weight excluding hydrogens is 188 g/mol. The van der Waals surface area contributed by atoms with Crippen LogP contribution >= 0.6 is 0 Å². The lowest BCUT2D eigenvalue weighted by Crippen LogP contribution is -2.27. The second-order valence-corrected chi connectivity index (χ2v) is 4.52. The van der Waals surface area contributed by atoms with Crippen LogP contribution in [-0.4, -0.2) is 26.3 Å². The Morgan fingerprint density at radius 3 is 2.87 bits per heavy atom. The molecule has 0 amide bonds. The molecule has 84 valence electrons. The number of hydrogen-bond acceptors (Lipinski definition) is 3. The molecule has 15 heavy (non-hydrogen) atoms. The Kier molecular flexibility index (Phi) is 4.80. The first-order valence-corrected chi connectivity index (χ1v) is 5.48. The predicted octanol–water partition coefficient (Wildman–Crippen LogP) is 1.86. The first-order valence-electron chi connectivity index (χ1n) is 5.48. The smallest absolute Gasteiger partial charge is 0.0672 e. The van der Waals surface area contributed by atoms with E-state index in [2.05, 4.69) is 18.0 Å². The highest BCUT2D eigenvalue weighted by Gasteiger charge is 2.41. The lowest BCUT2D eigenvalue weighted by atomic mass is 10.0. The summed E-state index contributed by atoms with van der Waals surface area (Å²) in [5.74, 6) is 0. The molecule has 0 aliphatic heterocycles. The molecule has 1 aliphatic rings. The van der Waals surface area contributed by atoms with Gasteiger partial charge in [-0.25, -0.2) is 0 Å². The largest absolute Gasteiger partial charge is 0.376 e. The van der Waals surface area contributed by atoms with Crippen LogP contribution < -0.4 is 5.32 Å². The highest BCUT2D eigenvalue weighted by molar-refractivity contribution is 5.00. The Labute approximate surface area is 92.1 Å². The van der Waals surface area contributed by atoms with Gasteiger partial charge in [0.25, 0.3) is 0 Å². The predicted molar refractivity (Wildman–Crippen MR) is 60.4 cm³/mol. The van der Waals surface area contributed by atoms with Crippen molar-refractivity contribution in [2.75, 3.05) is 26.3 Å². The zero-order valence-corrected chi connectivity index (χ0v) is 9.51. The van der Waals surface area contributed by atoms with E-state index in [1.54, 1.807) is 0 Å². The third-order valence-electron chi connectivity index (χ3n) is 2.68. The summed E-state index contributed by atoms with van der Waals surface area (Å²) in [6.45, 7) is 8.90. The van der Waals surface area contributed by atoms with Gasteiger partial charge in [-0.1, -0.05) is 12.2 Å². The number of nitrogens with zero attached hydrogens (tertiary/aromatic N) is 1. The second-order valence-electron chi connectivity index (χ2n) is 4.52. The summed E-state index contributed by atoms with van der Waals surface area (Å²) in [5, 5.41) is 12.0. The van der Waals surface area contributed by atoms with Crippen molar-refractivity contribution in [1.82, 2.24) is 5.32 Å². The van der Waals surface area contributed by atoms with Gasteiger partial charge < -0.3 is 10.1 Å². The van der Waals surface area contributed by atoms with Crippen LogP contribution in [0.1, 0.15) is 26.2 Å². The Hall–Kier alpha value is -0.850. The Morgan fingerprint density at radius 1 is 1.60 bits per heavy atom. The van der Waals surface area contributed by atoms with Crippen LogP contribution in [0.15, 0.2) is 12.2 Å². The van der Waals surface area contributed by atoms with Gasteiger partial charge in [0.05, 0.1) is 19.3 Å². The minimum absolute atomic E-state index is 0.295. The van der Waals surface area contributed by atoms with Crippen molar-refractivity contribution in [3.05, 3.63) is 12.2 Å². The van der Waals surface area contributed by atoms with E-state index in [0.29, 0.717) is 18.4 Å². The molecule has 1 saturated carbocycles. The first kappa shape index (κ1) is 12.2. The Bertz CT molecular complexity index is 251. The Morgan fingerprint density at radius 2 is 2.33 bits per heavy atom. The number of rotatable bonds is 8. The van der Waals surface area contributed by atoms with Crippen molar-refractivity contribution in [2.45, 2.75) is 26.2 Å². The lowest BCUT2D eigenvalue weighted by Gasteiger charge is -2.12. The van der Waals surface area contributed by atoms with Gasteiger partial charge in [-0.15, -0.1) is 0 Å². The molecular formula is C12H20N2O. The maximum atomic E-state index is 8.63. The first-order chi connectivity index (χ1) is 7.18. The number of hydrogen-bond donors (Lipinski definition) is 1. The highest BCUT2D eigenvalue weighted by Crippen LogP contribution is 2.47. The van der Waals surface area contributed by atoms with Crippen LogP contribution in [0.5, 0.6) is 0 Å².